The third-order valence-electron chi connectivity index (χ3n) is 2.34. The van der Waals surface area contributed by atoms with Crippen LogP contribution in [0.2, 0.25) is 0 Å². The molecule has 76 valence electrons. The molecular weight excluding hydrogens is 293 g/mol. The van der Waals surface area contributed by atoms with Gasteiger partial charge in [-0.25, -0.2) is 9.97 Å². The molecule has 0 spiro atoms. The van der Waals surface area contributed by atoms with E-state index < -0.39 is 0 Å². The number of aliphatic hydroxyl groups excluding tert-OH is 1. The van der Waals surface area contributed by atoms with Gasteiger partial charge in [0.1, 0.15) is 12.1 Å². The van der Waals surface area contributed by atoms with Crippen molar-refractivity contribution >= 4 is 28.4 Å². The van der Waals surface area contributed by atoms with Gasteiger partial charge in [0.15, 0.2) is 0 Å². The first-order valence-corrected chi connectivity index (χ1v) is 5.74. The second-order valence-corrected chi connectivity index (χ2v) is 4.60. The zero-order valence-electron chi connectivity index (χ0n) is 7.73. The van der Waals surface area contributed by atoms with Gasteiger partial charge in [0.05, 0.1) is 9.67 Å². The molecule has 1 atom stereocenters. The molecule has 1 fully saturated rings. The lowest BCUT2D eigenvalue weighted by Gasteiger charge is -2.31. The summed E-state index contributed by atoms with van der Waals surface area (Å²) in [5, 5.41) is 9.54. The van der Waals surface area contributed by atoms with Crippen LogP contribution in [-0.4, -0.2) is 34.3 Å². The molecule has 2 heterocycles. The van der Waals surface area contributed by atoms with Crippen LogP contribution in [0.4, 0.5) is 5.82 Å². The molecule has 2 rings (SSSR count). The number of β-amino-alcohol motifs (C(OH)–C–C–N with tert-alkyl or cyclic N) is 1. The van der Waals surface area contributed by atoms with Crippen molar-refractivity contribution in [1.29, 1.82) is 0 Å². The lowest BCUT2D eigenvalue weighted by Crippen LogP contribution is -2.39. The summed E-state index contributed by atoms with van der Waals surface area (Å²) >= 11 is 2.22. The van der Waals surface area contributed by atoms with E-state index in [0.29, 0.717) is 6.54 Å². The normalized spacial score (nSPS) is 22.4. The van der Waals surface area contributed by atoms with Crippen LogP contribution < -0.4 is 4.90 Å². The van der Waals surface area contributed by atoms with Crippen LogP contribution in [0.5, 0.6) is 0 Å². The first-order chi connectivity index (χ1) is 6.77. The Morgan fingerprint density at radius 1 is 1.57 bits per heavy atom. The van der Waals surface area contributed by atoms with Crippen molar-refractivity contribution in [3.05, 3.63) is 16.1 Å². The van der Waals surface area contributed by atoms with E-state index >= 15 is 0 Å². The van der Waals surface area contributed by atoms with Crippen LogP contribution in [0.15, 0.2) is 12.5 Å². The summed E-state index contributed by atoms with van der Waals surface area (Å²) in [6.07, 6.45) is 5.07. The number of aromatic nitrogens is 2. The molecule has 0 radical (unpaired) electrons. The van der Waals surface area contributed by atoms with E-state index in [-0.39, 0.29) is 6.10 Å². The van der Waals surface area contributed by atoms with Gasteiger partial charge in [0.25, 0.3) is 0 Å². The Bertz CT molecular complexity index is 321. The Morgan fingerprint density at radius 2 is 2.43 bits per heavy atom. The van der Waals surface area contributed by atoms with Gasteiger partial charge in [-0.1, -0.05) is 0 Å². The van der Waals surface area contributed by atoms with Crippen molar-refractivity contribution in [3.63, 3.8) is 0 Å². The molecule has 1 aromatic heterocycles. The van der Waals surface area contributed by atoms with Gasteiger partial charge in [0.2, 0.25) is 0 Å². The Labute approximate surface area is 96.5 Å². The summed E-state index contributed by atoms with van der Waals surface area (Å²) in [6, 6.07) is 0. The predicted octanol–water partition coefficient (Wildman–Crippen LogP) is 1.04. The van der Waals surface area contributed by atoms with Crippen molar-refractivity contribution in [1.82, 2.24) is 9.97 Å². The largest absolute Gasteiger partial charge is 0.391 e. The van der Waals surface area contributed by atoms with Crippen LogP contribution >= 0.6 is 22.6 Å². The van der Waals surface area contributed by atoms with Crippen molar-refractivity contribution in [2.24, 2.45) is 0 Å². The fourth-order valence-electron chi connectivity index (χ4n) is 1.69. The summed E-state index contributed by atoms with van der Waals surface area (Å²) in [6.45, 7) is 1.66. The van der Waals surface area contributed by atoms with Gasteiger partial charge in [0, 0.05) is 19.3 Å². The number of halogens is 1. The second-order valence-electron chi connectivity index (χ2n) is 3.44. The number of hydrogen-bond donors (Lipinski definition) is 1. The van der Waals surface area contributed by atoms with Gasteiger partial charge >= 0.3 is 0 Å². The quantitative estimate of drug-likeness (QED) is 0.788. The Kier molecular flexibility index (Phi) is 3.17. The minimum atomic E-state index is -0.213. The molecule has 1 aromatic rings. The van der Waals surface area contributed by atoms with E-state index in [1.807, 2.05) is 0 Å². The number of hydrogen-bond acceptors (Lipinski definition) is 4. The Balaban J connectivity index is 2.18. The molecule has 14 heavy (non-hydrogen) atoms. The standard InChI is InChI=1S/C9H12IN3O/c10-8-4-11-6-12-9(8)13-3-1-2-7(14)5-13/h4,6-7,14H,1-3,5H2/t7-/m1/s1. The van der Waals surface area contributed by atoms with Crippen molar-refractivity contribution in [2.45, 2.75) is 18.9 Å². The van der Waals surface area contributed by atoms with Crippen LogP contribution in [-0.2, 0) is 0 Å². The molecule has 0 aromatic carbocycles. The second kappa shape index (κ2) is 4.39. The zero-order chi connectivity index (χ0) is 9.97. The third-order valence-corrected chi connectivity index (χ3v) is 3.11. The maximum absolute atomic E-state index is 9.54. The van der Waals surface area contributed by atoms with Crippen molar-refractivity contribution < 1.29 is 5.11 Å². The molecule has 1 aliphatic rings. The van der Waals surface area contributed by atoms with Crippen molar-refractivity contribution in [2.75, 3.05) is 18.0 Å². The SMILES string of the molecule is O[C@@H]1CCCN(c2ncncc2I)C1. The van der Waals surface area contributed by atoms with Crippen LogP contribution in [0.3, 0.4) is 0 Å². The van der Waals surface area contributed by atoms with Crippen molar-refractivity contribution in [3.8, 4) is 0 Å². The van der Waals surface area contributed by atoms with Gasteiger partial charge in [-0.05, 0) is 35.4 Å². The van der Waals surface area contributed by atoms with E-state index in [2.05, 4.69) is 37.5 Å². The summed E-state index contributed by atoms with van der Waals surface area (Å²) in [7, 11) is 0. The number of anilines is 1. The highest BCUT2D eigenvalue weighted by molar-refractivity contribution is 14.1. The molecule has 0 unspecified atom stereocenters. The maximum atomic E-state index is 9.54. The first-order valence-electron chi connectivity index (χ1n) is 4.66. The number of nitrogens with zero attached hydrogens (tertiary/aromatic N) is 3. The lowest BCUT2D eigenvalue weighted by atomic mass is 10.1. The highest BCUT2D eigenvalue weighted by Gasteiger charge is 2.20. The molecule has 0 aliphatic carbocycles. The summed E-state index contributed by atoms with van der Waals surface area (Å²) in [5.41, 5.74) is 0. The van der Waals surface area contributed by atoms with E-state index in [0.717, 1.165) is 28.8 Å². The van der Waals surface area contributed by atoms with Crippen LogP contribution in [0.25, 0.3) is 0 Å². The molecule has 4 nitrogen and oxygen atoms in total. The Morgan fingerprint density at radius 3 is 3.14 bits per heavy atom. The first kappa shape index (κ1) is 10.1. The predicted molar refractivity (Wildman–Crippen MR) is 62.2 cm³/mol. The summed E-state index contributed by atoms with van der Waals surface area (Å²) < 4.78 is 1.04. The fraction of sp³-hybridized carbons (Fsp3) is 0.556. The minimum absolute atomic E-state index is 0.213. The van der Waals surface area contributed by atoms with Gasteiger partial charge in [-0.3, -0.25) is 0 Å². The number of aliphatic hydroxyl groups is 1. The fourth-order valence-corrected chi connectivity index (χ4v) is 2.33. The smallest absolute Gasteiger partial charge is 0.145 e. The molecule has 0 amide bonds. The van der Waals surface area contributed by atoms with Gasteiger partial charge < -0.3 is 10.0 Å². The summed E-state index contributed by atoms with van der Waals surface area (Å²) in [5.74, 6) is 0.944. The highest BCUT2D eigenvalue weighted by atomic mass is 127. The average Bonchev–Trinajstić information content (AvgIpc) is 2.18. The zero-order valence-corrected chi connectivity index (χ0v) is 9.88. The van der Waals surface area contributed by atoms with E-state index in [4.69, 9.17) is 0 Å². The summed E-state index contributed by atoms with van der Waals surface area (Å²) in [4.78, 5) is 10.3. The van der Waals surface area contributed by atoms with E-state index in [9.17, 15) is 5.11 Å². The maximum Gasteiger partial charge on any atom is 0.145 e. The topological polar surface area (TPSA) is 49.2 Å². The molecule has 1 aliphatic heterocycles. The molecule has 1 N–H and O–H groups in total. The van der Waals surface area contributed by atoms with Gasteiger partial charge in [-0.2, -0.15) is 0 Å². The monoisotopic (exact) mass is 305 g/mol. The van der Waals surface area contributed by atoms with Gasteiger partial charge in [-0.15, -0.1) is 0 Å². The third kappa shape index (κ3) is 2.14. The molecule has 0 saturated carbocycles. The lowest BCUT2D eigenvalue weighted by molar-refractivity contribution is 0.154. The molecule has 1 saturated heterocycles. The van der Waals surface area contributed by atoms with Crippen LogP contribution in [0.1, 0.15) is 12.8 Å². The molecule has 0 bridgehead atoms. The molecular formula is C9H12IN3O. The highest BCUT2D eigenvalue weighted by Crippen LogP contribution is 2.21. The van der Waals surface area contributed by atoms with E-state index in [1.165, 1.54) is 0 Å². The van der Waals surface area contributed by atoms with E-state index in [1.54, 1.807) is 12.5 Å². The minimum Gasteiger partial charge on any atom is -0.391 e. The van der Waals surface area contributed by atoms with Crippen LogP contribution in [0, 0.1) is 3.57 Å². The Hall–Kier alpha value is -0.430. The number of rotatable bonds is 1. The number of piperidine rings is 1. The average molecular weight is 305 g/mol. The molecule has 5 heteroatoms.